The molecule has 0 aliphatic carbocycles. The van der Waals surface area contributed by atoms with Gasteiger partial charge >= 0.3 is 0 Å². The summed E-state index contributed by atoms with van der Waals surface area (Å²) in [6.45, 7) is 2.03. The molecule has 1 unspecified atom stereocenters. The number of nitrogens with one attached hydrogen (secondary N) is 3. The van der Waals surface area contributed by atoms with E-state index in [1.165, 1.54) is 0 Å². The van der Waals surface area contributed by atoms with Gasteiger partial charge in [0.25, 0.3) is 5.56 Å². The predicted molar refractivity (Wildman–Crippen MR) is 124 cm³/mol. The van der Waals surface area contributed by atoms with E-state index < -0.39 is 0 Å². The lowest BCUT2D eigenvalue weighted by Crippen LogP contribution is -2.17. The third kappa shape index (κ3) is 3.27. The second-order valence-electron chi connectivity index (χ2n) is 7.12. The predicted octanol–water partition coefficient (Wildman–Crippen LogP) is 5.40. The second-order valence-corrected chi connectivity index (χ2v) is 8.03. The van der Waals surface area contributed by atoms with Gasteiger partial charge in [-0.15, -0.1) is 0 Å². The summed E-state index contributed by atoms with van der Waals surface area (Å²) in [5.41, 5.74) is 4.30. The number of para-hydroxylation sites is 1. The quantitative estimate of drug-likeness (QED) is 0.335. The standard InChI is InChI=1S/C23H18BrN5O/c1-13(16-7-4-5-11-25-16)26-21-15-6-2-3-8-17(15)29-23(30)20(21)22-27-18-10-9-14(24)12-19(18)28-22/h2-13H,1H3,(H,27,28)(H2,26,29,30). The van der Waals surface area contributed by atoms with Crippen molar-refractivity contribution in [3.63, 3.8) is 0 Å². The van der Waals surface area contributed by atoms with Crippen LogP contribution in [0.4, 0.5) is 5.69 Å². The molecule has 0 aliphatic rings. The van der Waals surface area contributed by atoms with E-state index in [9.17, 15) is 4.79 Å². The van der Waals surface area contributed by atoms with Crippen LogP contribution in [0.3, 0.4) is 0 Å². The fraction of sp³-hybridized carbons (Fsp3) is 0.0870. The second kappa shape index (κ2) is 7.42. The summed E-state index contributed by atoms with van der Waals surface area (Å²) < 4.78 is 0.944. The molecule has 7 heteroatoms. The van der Waals surface area contributed by atoms with Gasteiger partial charge in [0.2, 0.25) is 0 Å². The van der Waals surface area contributed by atoms with E-state index in [1.807, 2.05) is 67.6 Å². The molecule has 3 heterocycles. The number of aromatic amines is 2. The molecule has 5 aromatic rings. The van der Waals surface area contributed by atoms with Crippen LogP contribution in [0.25, 0.3) is 33.3 Å². The van der Waals surface area contributed by atoms with E-state index in [0.717, 1.165) is 37.8 Å². The molecule has 1 atom stereocenters. The molecule has 0 saturated carbocycles. The van der Waals surface area contributed by atoms with Crippen LogP contribution in [0.2, 0.25) is 0 Å². The van der Waals surface area contributed by atoms with Crippen LogP contribution in [-0.2, 0) is 0 Å². The van der Waals surface area contributed by atoms with E-state index in [2.05, 4.69) is 41.2 Å². The topological polar surface area (TPSA) is 86.5 Å². The Morgan fingerprint density at radius 3 is 2.67 bits per heavy atom. The van der Waals surface area contributed by atoms with Gasteiger partial charge in [-0.05, 0) is 43.3 Å². The normalized spacial score (nSPS) is 12.3. The zero-order valence-corrected chi connectivity index (χ0v) is 17.7. The van der Waals surface area contributed by atoms with Crippen LogP contribution in [-0.4, -0.2) is 19.9 Å². The highest BCUT2D eigenvalue weighted by atomic mass is 79.9. The summed E-state index contributed by atoms with van der Waals surface area (Å²) in [6.07, 6.45) is 1.77. The van der Waals surface area contributed by atoms with Crippen LogP contribution >= 0.6 is 15.9 Å². The summed E-state index contributed by atoms with van der Waals surface area (Å²) in [6, 6.07) is 19.2. The number of pyridine rings is 2. The first-order valence-corrected chi connectivity index (χ1v) is 10.4. The number of aromatic nitrogens is 4. The first kappa shape index (κ1) is 18.6. The Labute approximate surface area is 180 Å². The third-order valence-electron chi connectivity index (χ3n) is 5.09. The molecule has 5 rings (SSSR count). The van der Waals surface area contributed by atoms with Crippen molar-refractivity contribution in [2.45, 2.75) is 13.0 Å². The number of H-pyrrole nitrogens is 2. The first-order valence-electron chi connectivity index (χ1n) is 9.58. The largest absolute Gasteiger partial charge is 0.376 e. The number of hydrogen-bond acceptors (Lipinski definition) is 4. The smallest absolute Gasteiger partial charge is 0.261 e. The number of hydrogen-bond donors (Lipinski definition) is 3. The fourth-order valence-electron chi connectivity index (χ4n) is 3.64. The number of nitrogens with zero attached hydrogens (tertiary/aromatic N) is 2. The molecule has 0 amide bonds. The van der Waals surface area contributed by atoms with Crippen molar-refractivity contribution < 1.29 is 0 Å². The average Bonchev–Trinajstić information content (AvgIpc) is 3.16. The fourth-order valence-corrected chi connectivity index (χ4v) is 4.00. The summed E-state index contributed by atoms with van der Waals surface area (Å²) in [5.74, 6) is 0.519. The van der Waals surface area contributed by atoms with Crippen molar-refractivity contribution in [3.05, 3.63) is 87.4 Å². The number of benzene rings is 2. The van der Waals surface area contributed by atoms with E-state index in [-0.39, 0.29) is 11.6 Å². The molecule has 3 N–H and O–H groups in total. The van der Waals surface area contributed by atoms with Gasteiger partial charge in [-0.2, -0.15) is 0 Å². The van der Waals surface area contributed by atoms with Crippen LogP contribution in [0, 0.1) is 0 Å². The lowest BCUT2D eigenvalue weighted by atomic mass is 10.1. The highest BCUT2D eigenvalue weighted by Crippen LogP contribution is 2.33. The third-order valence-corrected chi connectivity index (χ3v) is 5.59. The van der Waals surface area contributed by atoms with Crippen LogP contribution < -0.4 is 10.9 Å². The summed E-state index contributed by atoms with van der Waals surface area (Å²) in [4.78, 5) is 28.5. The summed E-state index contributed by atoms with van der Waals surface area (Å²) in [5, 5.41) is 4.43. The van der Waals surface area contributed by atoms with Crippen molar-refractivity contribution in [2.24, 2.45) is 0 Å². The molecule has 0 saturated heterocycles. The van der Waals surface area contributed by atoms with Gasteiger partial charge in [0.15, 0.2) is 0 Å². The van der Waals surface area contributed by atoms with E-state index >= 15 is 0 Å². The monoisotopic (exact) mass is 459 g/mol. The molecule has 2 aromatic carbocycles. The molecule has 0 bridgehead atoms. The van der Waals surface area contributed by atoms with E-state index in [1.54, 1.807) is 6.20 Å². The SMILES string of the molecule is CC(Nc1c(-c2nc3ccc(Br)cc3[nH]2)c(=O)[nH]c2ccccc12)c1ccccn1. The van der Waals surface area contributed by atoms with Gasteiger partial charge in [-0.25, -0.2) is 4.98 Å². The van der Waals surface area contributed by atoms with Crippen molar-refractivity contribution in [3.8, 4) is 11.4 Å². The number of rotatable bonds is 4. The number of imidazole rings is 1. The molecule has 0 fully saturated rings. The molecule has 0 radical (unpaired) electrons. The molecule has 0 aliphatic heterocycles. The van der Waals surface area contributed by atoms with Gasteiger partial charge in [0.1, 0.15) is 11.4 Å². The molecule has 148 valence electrons. The number of fused-ring (bicyclic) bond motifs is 2. The molecule has 0 spiro atoms. The molecular formula is C23H18BrN5O. The molecule has 30 heavy (non-hydrogen) atoms. The van der Waals surface area contributed by atoms with Crippen LogP contribution in [0.15, 0.2) is 76.1 Å². The number of anilines is 1. The Balaban J connectivity index is 1.73. The highest BCUT2D eigenvalue weighted by molar-refractivity contribution is 9.10. The highest BCUT2D eigenvalue weighted by Gasteiger charge is 2.20. The van der Waals surface area contributed by atoms with Crippen molar-refractivity contribution in [1.29, 1.82) is 0 Å². The minimum Gasteiger partial charge on any atom is -0.376 e. The summed E-state index contributed by atoms with van der Waals surface area (Å²) >= 11 is 3.48. The minimum absolute atomic E-state index is 0.103. The maximum atomic E-state index is 13.1. The van der Waals surface area contributed by atoms with Crippen molar-refractivity contribution >= 4 is 43.6 Å². The molecule has 6 nitrogen and oxygen atoms in total. The maximum Gasteiger partial charge on any atom is 0.261 e. The van der Waals surface area contributed by atoms with Gasteiger partial charge in [0, 0.05) is 16.1 Å². The van der Waals surface area contributed by atoms with Gasteiger partial charge < -0.3 is 15.3 Å². The van der Waals surface area contributed by atoms with Crippen LogP contribution in [0.1, 0.15) is 18.7 Å². The average molecular weight is 460 g/mol. The van der Waals surface area contributed by atoms with Crippen LogP contribution in [0.5, 0.6) is 0 Å². The Bertz CT molecular complexity index is 1420. The van der Waals surface area contributed by atoms with Gasteiger partial charge in [0.05, 0.1) is 34.0 Å². The lowest BCUT2D eigenvalue weighted by molar-refractivity contribution is 0.840. The van der Waals surface area contributed by atoms with Crippen molar-refractivity contribution in [2.75, 3.05) is 5.32 Å². The first-order chi connectivity index (χ1) is 14.6. The van der Waals surface area contributed by atoms with E-state index in [4.69, 9.17) is 0 Å². The molecular weight excluding hydrogens is 442 g/mol. The summed E-state index contributed by atoms with van der Waals surface area (Å²) in [7, 11) is 0. The number of halogens is 1. The maximum absolute atomic E-state index is 13.1. The van der Waals surface area contributed by atoms with Gasteiger partial charge in [-0.1, -0.05) is 40.2 Å². The van der Waals surface area contributed by atoms with E-state index in [0.29, 0.717) is 11.4 Å². The zero-order chi connectivity index (χ0) is 20.7. The Kier molecular flexibility index (Phi) is 4.59. The Morgan fingerprint density at radius 1 is 1.00 bits per heavy atom. The van der Waals surface area contributed by atoms with Crippen molar-refractivity contribution in [1.82, 2.24) is 19.9 Å². The Morgan fingerprint density at radius 2 is 1.83 bits per heavy atom. The molecule has 3 aromatic heterocycles. The van der Waals surface area contributed by atoms with Gasteiger partial charge in [-0.3, -0.25) is 9.78 Å². The Hall–Kier alpha value is -3.45. The zero-order valence-electron chi connectivity index (χ0n) is 16.1. The lowest BCUT2D eigenvalue weighted by Gasteiger charge is -2.18. The minimum atomic E-state index is -0.206.